The van der Waals surface area contributed by atoms with E-state index in [0.717, 1.165) is 5.92 Å². The van der Waals surface area contributed by atoms with Crippen LogP contribution in [0.4, 0.5) is 4.79 Å². The average Bonchev–Trinajstić information content (AvgIpc) is 3.83. The SMILES string of the molecule is O=C(O)CN1CCN(CC(=O)O)CCN(C(CCC(=O)NCCNC(=O)OC[C@@H]2[C@@H]3CCC4=CC4CC[C@@H]32)C(=O)O)CC1. The summed E-state index contributed by atoms with van der Waals surface area (Å²) in [6.07, 6.45) is 6.62. The van der Waals surface area contributed by atoms with E-state index < -0.39 is 30.0 Å². The van der Waals surface area contributed by atoms with Gasteiger partial charge in [0.2, 0.25) is 5.91 Å². The van der Waals surface area contributed by atoms with Gasteiger partial charge in [-0.3, -0.25) is 33.9 Å². The molecule has 240 valence electrons. The number of carboxylic acids is 3. The zero-order chi connectivity index (χ0) is 30.9. The first-order valence-corrected chi connectivity index (χ1v) is 15.3. The molecule has 2 unspecified atom stereocenters. The summed E-state index contributed by atoms with van der Waals surface area (Å²) in [6, 6.07) is -1.00. The number of fused-ring (bicyclic) bond motifs is 2. The van der Waals surface area contributed by atoms with E-state index in [1.807, 2.05) is 0 Å². The molecule has 3 aliphatic carbocycles. The zero-order valence-corrected chi connectivity index (χ0v) is 24.6. The number of nitrogens with zero attached hydrogens (tertiary/aromatic N) is 3. The van der Waals surface area contributed by atoms with Gasteiger partial charge in [-0.1, -0.05) is 11.6 Å². The summed E-state index contributed by atoms with van der Waals surface area (Å²) in [7, 11) is 0. The number of hydrogen-bond acceptors (Lipinski definition) is 9. The van der Waals surface area contributed by atoms with Gasteiger partial charge in [0, 0.05) is 58.8 Å². The van der Waals surface area contributed by atoms with Gasteiger partial charge in [0.1, 0.15) is 6.04 Å². The van der Waals surface area contributed by atoms with E-state index in [1.165, 1.54) is 25.7 Å². The van der Waals surface area contributed by atoms with E-state index in [4.69, 9.17) is 4.74 Å². The number of carboxylic acid groups (broad SMARTS) is 3. The van der Waals surface area contributed by atoms with Gasteiger partial charge in [-0.05, 0) is 55.8 Å². The molecular weight excluding hydrogens is 562 g/mol. The molecule has 1 saturated heterocycles. The molecule has 0 aromatic carbocycles. The van der Waals surface area contributed by atoms with E-state index in [9.17, 15) is 39.3 Å². The van der Waals surface area contributed by atoms with Gasteiger partial charge >= 0.3 is 24.0 Å². The molecular formula is C29H45N5O9. The number of ether oxygens (including phenoxy) is 1. The van der Waals surface area contributed by atoms with Crippen molar-refractivity contribution in [2.45, 2.75) is 44.6 Å². The molecule has 0 spiro atoms. The third kappa shape index (κ3) is 10.5. The van der Waals surface area contributed by atoms with Crippen molar-refractivity contribution >= 4 is 29.9 Å². The molecule has 4 aliphatic rings. The summed E-state index contributed by atoms with van der Waals surface area (Å²) < 4.78 is 5.42. The largest absolute Gasteiger partial charge is 0.480 e. The monoisotopic (exact) mass is 607 g/mol. The number of amides is 2. The number of allylic oxidation sites excluding steroid dienone is 2. The molecule has 0 radical (unpaired) electrons. The number of aliphatic carboxylic acids is 3. The smallest absolute Gasteiger partial charge is 0.407 e. The Labute approximate surface area is 251 Å². The highest BCUT2D eigenvalue weighted by molar-refractivity contribution is 5.78. The Hall–Kier alpha value is -3.23. The Morgan fingerprint density at radius 3 is 2.07 bits per heavy atom. The van der Waals surface area contributed by atoms with Crippen LogP contribution < -0.4 is 10.6 Å². The fourth-order valence-corrected chi connectivity index (χ4v) is 6.66. The molecule has 0 aromatic heterocycles. The van der Waals surface area contributed by atoms with Gasteiger partial charge in [0.25, 0.3) is 0 Å². The van der Waals surface area contributed by atoms with Crippen molar-refractivity contribution in [3.05, 3.63) is 11.6 Å². The lowest BCUT2D eigenvalue weighted by molar-refractivity contribution is -0.144. The molecule has 5 N–H and O–H groups in total. The van der Waals surface area contributed by atoms with Crippen LogP contribution in [0.15, 0.2) is 11.6 Å². The molecule has 14 heteroatoms. The first-order valence-electron chi connectivity index (χ1n) is 15.3. The van der Waals surface area contributed by atoms with Crippen molar-refractivity contribution in [2.75, 3.05) is 72.1 Å². The van der Waals surface area contributed by atoms with Crippen LogP contribution in [-0.4, -0.2) is 138 Å². The molecule has 2 saturated carbocycles. The lowest BCUT2D eigenvalue weighted by Gasteiger charge is -2.30. The second-order valence-corrected chi connectivity index (χ2v) is 12.1. The molecule has 0 bridgehead atoms. The molecule has 4 rings (SSSR count). The predicted molar refractivity (Wildman–Crippen MR) is 153 cm³/mol. The Bertz CT molecular complexity index is 1040. The summed E-state index contributed by atoms with van der Waals surface area (Å²) in [6.45, 7) is 2.11. The van der Waals surface area contributed by atoms with Crippen LogP contribution in [0.25, 0.3) is 0 Å². The number of nitrogens with one attached hydrogen (secondary N) is 2. The highest BCUT2D eigenvalue weighted by atomic mass is 16.5. The van der Waals surface area contributed by atoms with Crippen molar-refractivity contribution in [1.82, 2.24) is 25.3 Å². The third-order valence-corrected chi connectivity index (χ3v) is 9.22. The van der Waals surface area contributed by atoms with E-state index in [2.05, 4.69) is 16.7 Å². The van der Waals surface area contributed by atoms with E-state index in [-0.39, 0.29) is 58.0 Å². The maximum absolute atomic E-state index is 12.5. The quantitative estimate of drug-likeness (QED) is 0.133. The third-order valence-electron chi connectivity index (χ3n) is 9.22. The summed E-state index contributed by atoms with van der Waals surface area (Å²) in [5.41, 5.74) is 1.60. The summed E-state index contributed by atoms with van der Waals surface area (Å²) in [5, 5.41) is 33.7. The predicted octanol–water partition coefficient (Wildman–Crippen LogP) is 0.143. The van der Waals surface area contributed by atoms with E-state index >= 15 is 0 Å². The molecule has 0 aromatic rings. The van der Waals surface area contributed by atoms with E-state index in [0.29, 0.717) is 50.5 Å². The Balaban J connectivity index is 1.14. The Morgan fingerprint density at radius 2 is 1.44 bits per heavy atom. The Morgan fingerprint density at radius 1 is 0.837 bits per heavy atom. The highest BCUT2D eigenvalue weighted by Crippen LogP contribution is 2.57. The van der Waals surface area contributed by atoms with Crippen molar-refractivity contribution in [1.29, 1.82) is 0 Å². The molecule has 1 heterocycles. The lowest BCUT2D eigenvalue weighted by Crippen LogP contribution is -2.47. The van der Waals surface area contributed by atoms with Crippen LogP contribution in [0.5, 0.6) is 0 Å². The van der Waals surface area contributed by atoms with Crippen LogP contribution in [0.2, 0.25) is 0 Å². The average molecular weight is 608 g/mol. The van der Waals surface area contributed by atoms with Crippen LogP contribution in [-0.2, 0) is 23.9 Å². The minimum Gasteiger partial charge on any atom is -0.480 e. The van der Waals surface area contributed by atoms with Crippen molar-refractivity contribution < 1.29 is 44.0 Å². The van der Waals surface area contributed by atoms with Gasteiger partial charge in [-0.25, -0.2) is 4.79 Å². The normalized spacial score (nSPS) is 26.8. The molecule has 1 aliphatic heterocycles. The van der Waals surface area contributed by atoms with Gasteiger partial charge in [-0.2, -0.15) is 0 Å². The summed E-state index contributed by atoms with van der Waals surface area (Å²) in [4.78, 5) is 64.2. The number of carbonyl (C=O) groups is 5. The van der Waals surface area contributed by atoms with Crippen molar-refractivity contribution in [2.24, 2.45) is 23.7 Å². The fourth-order valence-electron chi connectivity index (χ4n) is 6.66. The summed E-state index contributed by atoms with van der Waals surface area (Å²) in [5.74, 6) is -1.02. The first-order chi connectivity index (χ1) is 20.6. The zero-order valence-electron chi connectivity index (χ0n) is 24.6. The second-order valence-electron chi connectivity index (χ2n) is 12.1. The molecule has 2 amide bonds. The van der Waals surface area contributed by atoms with Crippen LogP contribution in [0.1, 0.15) is 38.5 Å². The standard InChI is InChI=1S/C29H45N5O9/c35-25(30-7-8-31-29(42)43-18-23-21-3-1-19-15-20(19)2-4-22(21)23)6-5-24(28(40)41)34-13-11-32(16-26(36)37)9-10-33(12-14-34)17-27(38)39/h15,19,21-24H,1-14,16-18H2,(H,30,35)(H,31,42)(H,36,37)(H,38,39)(H,40,41)/t19?,21-,22+,23-,24?/m0/s1. The molecule has 14 nitrogen and oxygen atoms in total. The number of alkyl carbamates (subject to hydrolysis) is 1. The maximum Gasteiger partial charge on any atom is 0.407 e. The minimum atomic E-state index is -1.11. The van der Waals surface area contributed by atoms with Gasteiger partial charge in [0.15, 0.2) is 0 Å². The summed E-state index contributed by atoms with van der Waals surface area (Å²) >= 11 is 0. The highest BCUT2D eigenvalue weighted by Gasteiger charge is 2.51. The van der Waals surface area contributed by atoms with Crippen molar-refractivity contribution in [3.63, 3.8) is 0 Å². The first kappa shape index (κ1) is 32.7. The molecule has 3 fully saturated rings. The number of carbonyl (C=O) groups excluding carboxylic acids is 2. The van der Waals surface area contributed by atoms with E-state index in [1.54, 1.807) is 20.3 Å². The van der Waals surface area contributed by atoms with Crippen LogP contribution in [0, 0.1) is 23.7 Å². The van der Waals surface area contributed by atoms with Gasteiger partial charge in [0.05, 0.1) is 19.7 Å². The molecule has 5 atom stereocenters. The number of rotatable bonds is 14. The topological polar surface area (TPSA) is 189 Å². The Kier molecular flexibility index (Phi) is 11.8. The lowest BCUT2D eigenvalue weighted by atomic mass is 10.0. The maximum atomic E-state index is 12.5. The number of hydrogen-bond donors (Lipinski definition) is 5. The minimum absolute atomic E-state index is 0.0241. The second kappa shape index (κ2) is 15.5. The van der Waals surface area contributed by atoms with Gasteiger partial charge in [-0.15, -0.1) is 0 Å². The van der Waals surface area contributed by atoms with Gasteiger partial charge < -0.3 is 30.7 Å². The molecule has 43 heavy (non-hydrogen) atoms. The van der Waals surface area contributed by atoms with Crippen LogP contribution >= 0.6 is 0 Å². The van der Waals surface area contributed by atoms with Crippen LogP contribution in [0.3, 0.4) is 0 Å². The van der Waals surface area contributed by atoms with Crippen molar-refractivity contribution in [3.8, 4) is 0 Å². The fraction of sp³-hybridized carbons (Fsp3) is 0.759.